The van der Waals surface area contributed by atoms with Gasteiger partial charge >= 0.3 is 0 Å². The smallest absolute Gasteiger partial charge is 0.0116 e. The first-order chi connectivity index (χ1) is 4.86. The first-order valence-corrected chi connectivity index (χ1v) is 5.29. The molecule has 1 aliphatic heterocycles. The zero-order chi connectivity index (χ0) is 7.40. The molecule has 2 atom stereocenters. The molecule has 0 spiro atoms. The summed E-state index contributed by atoms with van der Waals surface area (Å²) >= 11 is 2.07. The highest BCUT2D eigenvalue weighted by Crippen LogP contribution is 2.31. The van der Waals surface area contributed by atoms with Gasteiger partial charge in [0.15, 0.2) is 0 Å². The van der Waals surface area contributed by atoms with Gasteiger partial charge in [0.05, 0.1) is 0 Å². The van der Waals surface area contributed by atoms with Gasteiger partial charge in [-0.2, -0.15) is 11.8 Å². The van der Waals surface area contributed by atoms with Gasteiger partial charge in [0.25, 0.3) is 0 Å². The van der Waals surface area contributed by atoms with Crippen molar-refractivity contribution in [3.8, 4) is 0 Å². The first-order valence-electron chi connectivity index (χ1n) is 4.24. The lowest BCUT2D eigenvalue weighted by molar-refractivity contribution is 0.535. The molecule has 0 bridgehead atoms. The summed E-state index contributed by atoms with van der Waals surface area (Å²) in [5.41, 5.74) is 0. The number of thioether (sulfide) groups is 1. The Kier molecular flexibility index (Phi) is 3.61. The molecular formula is C9H16S. The van der Waals surface area contributed by atoms with E-state index in [-0.39, 0.29) is 0 Å². The lowest BCUT2D eigenvalue weighted by Crippen LogP contribution is -2.17. The molecule has 2 radical (unpaired) electrons. The minimum atomic E-state index is 0.735. The zero-order valence-electron chi connectivity index (χ0n) is 6.89. The molecule has 0 amide bonds. The van der Waals surface area contributed by atoms with Crippen LogP contribution in [0.5, 0.6) is 0 Å². The highest BCUT2D eigenvalue weighted by Gasteiger charge is 2.19. The van der Waals surface area contributed by atoms with Crippen molar-refractivity contribution in [2.45, 2.75) is 38.4 Å². The Morgan fingerprint density at radius 2 is 2.20 bits per heavy atom. The molecule has 10 heavy (non-hydrogen) atoms. The fourth-order valence-electron chi connectivity index (χ4n) is 1.30. The molecule has 1 aliphatic rings. The average Bonchev–Trinajstić information content (AvgIpc) is 2.05. The predicted molar refractivity (Wildman–Crippen MR) is 48.2 cm³/mol. The van der Waals surface area contributed by atoms with Gasteiger partial charge in [0, 0.05) is 11.7 Å². The average molecular weight is 156 g/mol. The van der Waals surface area contributed by atoms with Crippen LogP contribution in [-0.4, -0.2) is 11.0 Å². The second-order valence-corrected chi connectivity index (χ2v) is 4.14. The summed E-state index contributed by atoms with van der Waals surface area (Å²) in [4.78, 5) is 0. The van der Waals surface area contributed by atoms with Crippen molar-refractivity contribution in [1.29, 1.82) is 0 Å². The summed E-state index contributed by atoms with van der Waals surface area (Å²) in [6.07, 6.45) is 7.53. The van der Waals surface area contributed by atoms with E-state index in [1.54, 1.807) is 0 Å². The fraction of sp³-hybridized carbons (Fsp3) is 0.889. The Labute approximate surface area is 68.8 Å². The number of hydrogen-bond acceptors (Lipinski definition) is 1. The van der Waals surface area contributed by atoms with Crippen molar-refractivity contribution in [2.75, 3.05) is 5.75 Å². The Balaban J connectivity index is 2.25. The van der Waals surface area contributed by atoms with Gasteiger partial charge in [0.2, 0.25) is 0 Å². The summed E-state index contributed by atoms with van der Waals surface area (Å²) in [5.74, 6) is 2.15. The second kappa shape index (κ2) is 4.27. The van der Waals surface area contributed by atoms with Gasteiger partial charge in [0.1, 0.15) is 0 Å². The quantitative estimate of drug-likeness (QED) is 0.592. The highest BCUT2D eigenvalue weighted by atomic mass is 32.2. The van der Waals surface area contributed by atoms with Gasteiger partial charge in [-0.15, -0.1) is 0 Å². The molecular weight excluding hydrogens is 140 g/mol. The molecule has 1 rings (SSSR count). The molecule has 0 aliphatic carbocycles. The van der Waals surface area contributed by atoms with Gasteiger partial charge in [-0.3, -0.25) is 0 Å². The molecule has 0 aromatic carbocycles. The molecule has 0 N–H and O–H groups in total. The van der Waals surface area contributed by atoms with E-state index in [0.29, 0.717) is 0 Å². The Bertz CT molecular complexity index is 80.7. The van der Waals surface area contributed by atoms with E-state index in [0.717, 1.165) is 11.2 Å². The van der Waals surface area contributed by atoms with Crippen molar-refractivity contribution in [3.05, 3.63) is 6.42 Å². The topological polar surface area (TPSA) is 0 Å². The Morgan fingerprint density at radius 1 is 1.40 bits per heavy atom. The molecule has 58 valence electrons. The minimum absolute atomic E-state index is 0.735. The molecule has 1 heterocycles. The van der Waals surface area contributed by atoms with Crippen molar-refractivity contribution in [1.82, 2.24) is 0 Å². The largest absolute Gasteiger partial charge is 0.158 e. The molecule has 2 unspecified atom stereocenters. The molecule has 1 heteroatoms. The zero-order valence-corrected chi connectivity index (χ0v) is 7.71. The maximum atomic E-state index is 3.62. The molecule has 0 saturated carbocycles. The monoisotopic (exact) mass is 156 g/mol. The summed E-state index contributed by atoms with van der Waals surface area (Å²) in [5, 5.41) is 0.735. The predicted octanol–water partition coefficient (Wildman–Crippen LogP) is 3.01. The van der Waals surface area contributed by atoms with Crippen LogP contribution in [0, 0.1) is 12.3 Å². The number of rotatable bonds is 2. The third-order valence-electron chi connectivity index (χ3n) is 2.07. The van der Waals surface area contributed by atoms with Crippen LogP contribution in [0.25, 0.3) is 0 Å². The fourth-order valence-corrected chi connectivity index (χ4v) is 2.53. The van der Waals surface area contributed by atoms with Crippen LogP contribution < -0.4 is 0 Å². The lowest BCUT2D eigenvalue weighted by atomic mass is 9.96. The van der Waals surface area contributed by atoms with Crippen LogP contribution in [0.15, 0.2) is 0 Å². The minimum Gasteiger partial charge on any atom is -0.158 e. The second-order valence-electron chi connectivity index (χ2n) is 2.83. The van der Waals surface area contributed by atoms with Crippen molar-refractivity contribution in [3.63, 3.8) is 0 Å². The molecule has 0 aromatic heterocycles. The van der Waals surface area contributed by atoms with Crippen LogP contribution in [0.2, 0.25) is 0 Å². The van der Waals surface area contributed by atoms with E-state index in [2.05, 4.69) is 32.0 Å². The van der Waals surface area contributed by atoms with Gasteiger partial charge in [-0.1, -0.05) is 20.3 Å². The highest BCUT2D eigenvalue weighted by molar-refractivity contribution is 8.00. The van der Waals surface area contributed by atoms with Crippen LogP contribution in [0.4, 0.5) is 0 Å². The van der Waals surface area contributed by atoms with Gasteiger partial charge < -0.3 is 0 Å². The van der Waals surface area contributed by atoms with Crippen molar-refractivity contribution in [2.24, 2.45) is 5.92 Å². The van der Waals surface area contributed by atoms with E-state index >= 15 is 0 Å². The van der Waals surface area contributed by atoms with Gasteiger partial charge in [-0.25, -0.2) is 0 Å². The molecule has 0 nitrogen and oxygen atoms in total. The molecule has 0 aromatic rings. The van der Waals surface area contributed by atoms with E-state index in [9.17, 15) is 0 Å². The summed E-state index contributed by atoms with van der Waals surface area (Å²) < 4.78 is 0. The van der Waals surface area contributed by atoms with Crippen LogP contribution in [0.3, 0.4) is 0 Å². The summed E-state index contributed by atoms with van der Waals surface area (Å²) in [7, 11) is 0. The van der Waals surface area contributed by atoms with Gasteiger partial charge in [-0.05, 0) is 24.5 Å². The standard InChI is InChI=1S/C9H16S/c1-3-8-5-6-10-9(4-2)7-8/h8-9H,3-6H2,1-2H3. The third-order valence-corrected chi connectivity index (χ3v) is 3.41. The molecule has 1 saturated heterocycles. The van der Waals surface area contributed by atoms with Crippen LogP contribution in [0.1, 0.15) is 33.1 Å². The number of hydrogen-bond donors (Lipinski definition) is 0. The lowest BCUT2D eigenvalue weighted by Gasteiger charge is -2.26. The van der Waals surface area contributed by atoms with Crippen molar-refractivity contribution >= 4 is 11.8 Å². The van der Waals surface area contributed by atoms with Crippen LogP contribution in [-0.2, 0) is 0 Å². The first kappa shape index (κ1) is 8.45. The van der Waals surface area contributed by atoms with E-state index < -0.39 is 0 Å². The summed E-state index contributed by atoms with van der Waals surface area (Å²) in [6.45, 7) is 4.52. The third kappa shape index (κ3) is 2.19. The molecule has 1 fully saturated rings. The normalized spacial score (nSPS) is 34.2. The van der Waals surface area contributed by atoms with Crippen molar-refractivity contribution < 1.29 is 0 Å². The van der Waals surface area contributed by atoms with Crippen LogP contribution >= 0.6 is 11.8 Å². The Morgan fingerprint density at radius 3 is 2.80 bits per heavy atom. The maximum absolute atomic E-state index is 3.62. The SMILES string of the molecule is CCC1[C]C(CC)SCC1. The maximum Gasteiger partial charge on any atom is 0.0116 e. The van der Waals surface area contributed by atoms with E-state index in [1.165, 1.54) is 25.0 Å². The summed E-state index contributed by atoms with van der Waals surface area (Å²) in [6, 6.07) is 0. The Hall–Kier alpha value is 0.350. The van der Waals surface area contributed by atoms with E-state index in [1.807, 2.05) is 0 Å². The van der Waals surface area contributed by atoms with E-state index in [4.69, 9.17) is 0 Å².